The lowest BCUT2D eigenvalue weighted by molar-refractivity contribution is -0.116. The number of anilines is 1. The number of unbranched alkanes of at least 4 members (excludes halogenated alkanes) is 4. The Morgan fingerprint density at radius 2 is 1.86 bits per heavy atom. The lowest BCUT2D eigenvalue weighted by Gasteiger charge is -2.01. The smallest absolute Gasteiger partial charge is 0.226 e. The van der Waals surface area contributed by atoms with Gasteiger partial charge in [0, 0.05) is 16.9 Å². The van der Waals surface area contributed by atoms with E-state index in [0.717, 1.165) is 29.0 Å². The van der Waals surface area contributed by atoms with Crippen LogP contribution < -0.4 is 5.32 Å². The number of hydrogen-bond donors (Lipinski definition) is 1. The molecule has 1 aromatic carbocycles. The van der Waals surface area contributed by atoms with Gasteiger partial charge in [0.2, 0.25) is 5.91 Å². The molecule has 0 bridgehead atoms. The summed E-state index contributed by atoms with van der Waals surface area (Å²) in [6.07, 6.45) is 6.39. The molecule has 0 spiro atoms. The Balaban J connectivity index is 1.87. The van der Waals surface area contributed by atoms with Crippen molar-refractivity contribution >= 4 is 22.4 Å². The van der Waals surface area contributed by atoms with E-state index in [1.807, 2.05) is 37.3 Å². The number of benzene rings is 1. The normalized spacial score (nSPS) is 10.6. The molecule has 0 aliphatic heterocycles. The highest BCUT2D eigenvalue weighted by molar-refractivity contribution is 7.16. The van der Waals surface area contributed by atoms with Gasteiger partial charge < -0.3 is 5.32 Å². The fraction of sp³-hybridized carbons (Fsp3) is 0.444. The Kier molecular flexibility index (Phi) is 6.59. The highest BCUT2D eigenvalue weighted by Crippen LogP contribution is 2.30. The van der Waals surface area contributed by atoms with E-state index < -0.39 is 0 Å². The number of carbonyl (C=O) groups is 1. The van der Waals surface area contributed by atoms with Crippen molar-refractivity contribution in [2.24, 2.45) is 0 Å². The second-order valence-corrected chi connectivity index (χ2v) is 6.71. The van der Waals surface area contributed by atoms with Gasteiger partial charge in [0.1, 0.15) is 0 Å². The van der Waals surface area contributed by atoms with E-state index in [1.54, 1.807) is 11.3 Å². The third kappa shape index (κ3) is 4.95. The highest BCUT2D eigenvalue weighted by atomic mass is 32.1. The van der Waals surface area contributed by atoms with Crippen LogP contribution in [0.5, 0.6) is 0 Å². The summed E-state index contributed by atoms with van der Waals surface area (Å²) in [5.74, 6) is 0.0739. The third-order valence-corrected chi connectivity index (χ3v) is 4.48. The van der Waals surface area contributed by atoms with Crippen LogP contribution in [0.2, 0.25) is 0 Å². The molecular weight excluding hydrogens is 292 g/mol. The maximum Gasteiger partial charge on any atom is 0.226 e. The zero-order valence-electron chi connectivity index (χ0n) is 13.4. The summed E-state index contributed by atoms with van der Waals surface area (Å²) in [5, 5.41) is 3.64. The molecule has 2 rings (SSSR count). The molecular formula is C18H24N2OS. The summed E-state index contributed by atoms with van der Waals surface area (Å²) in [6, 6.07) is 10.1. The Morgan fingerprint density at radius 3 is 2.59 bits per heavy atom. The second kappa shape index (κ2) is 8.69. The van der Waals surface area contributed by atoms with Crippen LogP contribution in [0, 0.1) is 6.92 Å². The van der Waals surface area contributed by atoms with E-state index in [0.29, 0.717) is 11.6 Å². The molecule has 0 unspecified atom stereocenters. The lowest BCUT2D eigenvalue weighted by atomic mass is 10.1. The van der Waals surface area contributed by atoms with Gasteiger partial charge in [-0.25, -0.2) is 4.98 Å². The Hall–Kier alpha value is -1.68. The zero-order valence-corrected chi connectivity index (χ0v) is 14.2. The zero-order chi connectivity index (χ0) is 15.8. The first-order valence-corrected chi connectivity index (χ1v) is 8.85. The number of amides is 1. The van der Waals surface area contributed by atoms with Gasteiger partial charge in [-0.15, -0.1) is 11.3 Å². The molecule has 0 radical (unpaired) electrons. The number of thiazole rings is 1. The second-order valence-electron chi connectivity index (χ2n) is 5.50. The van der Waals surface area contributed by atoms with Crippen LogP contribution in [0.3, 0.4) is 0 Å². The van der Waals surface area contributed by atoms with Crippen LogP contribution in [0.25, 0.3) is 11.3 Å². The van der Waals surface area contributed by atoms with Crippen molar-refractivity contribution in [1.29, 1.82) is 0 Å². The van der Waals surface area contributed by atoms with Crippen LogP contribution in [-0.4, -0.2) is 10.9 Å². The quantitative estimate of drug-likeness (QED) is 0.661. The first-order chi connectivity index (χ1) is 10.7. The molecule has 0 saturated heterocycles. The molecule has 22 heavy (non-hydrogen) atoms. The van der Waals surface area contributed by atoms with Crippen LogP contribution in [-0.2, 0) is 4.79 Å². The molecule has 0 aliphatic carbocycles. The van der Waals surface area contributed by atoms with Gasteiger partial charge in [-0.3, -0.25) is 4.79 Å². The summed E-state index contributed by atoms with van der Waals surface area (Å²) >= 11 is 1.54. The predicted molar refractivity (Wildman–Crippen MR) is 94.3 cm³/mol. The van der Waals surface area contributed by atoms with Crippen molar-refractivity contribution in [2.45, 2.75) is 52.4 Å². The Labute approximate surface area is 136 Å². The van der Waals surface area contributed by atoms with Crippen molar-refractivity contribution in [1.82, 2.24) is 4.98 Å². The minimum absolute atomic E-state index is 0.0739. The van der Waals surface area contributed by atoms with E-state index >= 15 is 0 Å². The standard InChI is InChI=1S/C18H24N2OS/c1-3-4-5-6-10-13-16(21)19-18-20-17(14(2)22-18)15-11-8-7-9-12-15/h7-9,11-12H,3-6,10,13H2,1-2H3,(H,19,20,21). The molecule has 0 atom stereocenters. The van der Waals surface area contributed by atoms with Gasteiger partial charge in [-0.1, -0.05) is 62.9 Å². The fourth-order valence-corrected chi connectivity index (χ4v) is 3.24. The van der Waals surface area contributed by atoms with Crippen LogP contribution in [0.15, 0.2) is 30.3 Å². The molecule has 1 aromatic heterocycles. The molecule has 1 N–H and O–H groups in total. The SMILES string of the molecule is CCCCCCCC(=O)Nc1nc(-c2ccccc2)c(C)s1. The molecule has 118 valence electrons. The van der Waals surface area contributed by atoms with Gasteiger partial charge in [0.05, 0.1) is 5.69 Å². The molecule has 4 heteroatoms. The van der Waals surface area contributed by atoms with E-state index in [1.165, 1.54) is 19.3 Å². The summed E-state index contributed by atoms with van der Waals surface area (Å²) in [4.78, 5) is 17.7. The number of hydrogen-bond acceptors (Lipinski definition) is 3. The van der Waals surface area contributed by atoms with E-state index in [-0.39, 0.29) is 5.91 Å². The van der Waals surface area contributed by atoms with Crippen molar-refractivity contribution in [3.63, 3.8) is 0 Å². The number of carbonyl (C=O) groups excluding carboxylic acids is 1. The first-order valence-electron chi connectivity index (χ1n) is 8.03. The summed E-state index contributed by atoms with van der Waals surface area (Å²) < 4.78 is 0. The van der Waals surface area contributed by atoms with Crippen molar-refractivity contribution in [3.05, 3.63) is 35.2 Å². The fourth-order valence-electron chi connectivity index (χ4n) is 2.38. The Bertz CT molecular complexity index is 592. The lowest BCUT2D eigenvalue weighted by Crippen LogP contribution is -2.10. The molecule has 0 aliphatic rings. The number of nitrogens with zero attached hydrogens (tertiary/aromatic N) is 1. The Morgan fingerprint density at radius 1 is 1.14 bits per heavy atom. The molecule has 0 fully saturated rings. The molecule has 0 saturated carbocycles. The summed E-state index contributed by atoms with van der Waals surface area (Å²) in [7, 11) is 0. The predicted octanol–water partition coefficient (Wildman–Crippen LogP) is 5.42. The van der Waals surface area contributed by atoms with Gasteiger partial charge >= 0.3 is 0 Å². The third-order valence-electron chi connectivity index (χ3n) is 3.60. The minimum atomic E-state index is 0.0739. The summed E-state index contributed by atoms with van der Waals surface area (Å²) in [6.45, 7) is 4.24. The average molecular weight is 316 g/mol. The topological polar surface area (TPSA) is 42.0 Å². The van der Waals surface area contributed by atoms with Crippen molar-refractivity contribution < 1.29 is 4.79 Å². The van der Waals surface area contributed by atoms with Crippen LogP contribution in [0.4, 0.5) is 5.13 Å². The monoisotopic (exact) mass is 316 g/mol. The van der Waals surface area contributed by atoms with Gasteiger partial charge in [-0.05, 0) is 13.3 Å². The average Bonchev–Trinajstić information content (AvgIpc) is 2.88. The number of aromatic nitrogens is 1. The summed E-state index contributed by atoms with van der Waals surface area (Å²) in [5.41, 5.74) is 2.06. The number of rotatable bonds is 8. The molecule has 1 amide bonds. The minimum Gasteiger partial charge on any atom is -0.302 e. The number of aryl methyl sites for hydroxylation is 1. The molecule has 2 aromatic rings. The van der Waals surface area contributed by atoms with E-state index in [2.05, 4.69) is 17.2 Å². The maximum atomic E-state index is 12.0. The largest absolute Gasteiger partial charge is 0.302 e. The van der Waals surface area contributed by atoms with E-state index in [9.17, 15) is 4.79 Å². The van der Waals surface area contributed by atoms with E-state index in [4.69, 9.17) is 0 Å². The molecule has 1 heterocycles. The maximum absolute atomic E-state index is 12.0. The van der Waals surface area contributed by atoms with Crippen molar-refractivity contribution in [2.75, 3.05) is 5.32 Å². The molecule has 3 nitrogen and oxygen atoms in total. The van der Waals surface area contributed by atoms with Crippen LogP contribution in [0.1, 0.15) is 50.3 Å². The van der Waals surface area contributed by atoms with Gasteiger partial charge in [0.15, 0.2) is 5.13 Å². The van der Waals surface area contributed by atoms with Crippen LogP contribution >= 0.6 is 11.3 Å². The number of nitrogens with one attached hydrogen (secondary N) is 1. The highest BCUT2D eigenvalue weighted by Gasteiger charge is 2.11. The van der Waals surface area contributed by atoms with Gasteiger partial charge in [-0.2, -0.15) is 0 Å². The first kappa shape index (κ1) is 16.7. The van der Waals surface area contributed by atoms with Gasteiger partial charge in [0.25, 0.3) is 0 Å². The van der Waals surface area contributed by atoms with Crippen molar-refractivity contribution in [3.8, 4) is 11.3 Å².